The van der Waals surface area contributed by atoms with Crippen molar-refractivity contribution in [2.24, 2.45) is 0 Å². The molecule has 0 aliphatic rings. The first-order valence-corrected chi connectivity index (χ1v) is 6.58. The highest BCUT2D eigenvalue weighted by Gasteiger charge is 2.03. The number of benzene rings is 2. The van der Waals surface area contributed by atoms with E-state index in [4.69, 9.17) is 9.47 Å². The fraction of sp³-hybridized carbons (Fsp3) is 0.133. The highest BCUT2D eigenvalue weighted by atomic mass is 79.9. The average molecular weight is 321 g/mol. The smallest absolute Gasteiger partial charge is 0.189 e. The van der Waals surface area contributed by atoms with E-state index < -0.39 is 0 Å². The molecule has 2 aromatic rings. The SMILES string of the molecule is O=Cc1cc(Br)ccc1OCOCc1ccccc1. The van der Waals surface area contributed by atoms with Gasteiger partial charge in [0.25, 0.3) is 0 Å². The molecular weight excluding hydrogens is 308 g/mol. The Labute approximate surface area is 120 Å². The Morgan fingerprint density at radius 2 is 1.89 bits per heavy atom. The molecular formula is C15H13BrO3. The minimum atomic E-state index is 0.108. The van der Waals surface area contributed by atoms with Gasteiger partial charge in [0.2, 0.25) is 0 Å². The molecule has 0 heterocycles. The third-order valence-electron chi connectivity index (χ3n) is 2.51. The van der Waals surface area contributed by atoms with E-state index in [9.17, 15) is 4.79 Å². The van der Waals surface area contributed by atoms with Crippen molar-refractivity contribution < 1.29 is 14.3 Å². The first-order chi connectivity index (χ1) is 9.29. The largest absolute Gasteiger partial charge is 0.467 e. The van der Waals surface area contributed by atoms with E-state index in [2.05, 4.69) is 15.9 Å². The second-order valence-electron chi connectivity index (χ2n) is 3.90. The van der Waals surface area contributed by atoms with Crippen molar-refractivity contribution in [2.45, 2.75) is 6.61 Å². The molecule has 0 radical (unpaired) electrons. The molecule has 0 saturated carbocycles. The lowest BCUT2D eigenvalue weighted by Crippen LogP contribution is -2.04. The van der Waals surface area contributed by atoms with E-state index in [0.29, 0.717) is 17.9 Å². The summed E-state index contributed by atoms with van der Waals surface area (Å²) in [4.78, 5) is 10.9. The molecule has 0 aromatic heterocycles. The molecule has 0 unspecified atom stereocenters. The van der Waals surface area contributed by atoms with E-state index in [1.54, 1.807) is 12.1 Å². The van der Waals surface area contributed by atoms with Crippen LogP contribution in [0.1, 0.15) is 15.9 Å². The molecule has 0 aliphatic heterocycles. The van der Waals surface area contributed by atoms with Gasteiger partial charge in [0.15, 0.2) is 13.1 Å². The summed E-state index contributed by atoms with van der Waals surface area (Å²) >= 11 is 3.30. The molecule has 2 aromatic carbocycles. The lowest BCUT2D eigenvalue weighted by Gasteiger charge is -2.09. The number of ether oxygens (including phenoxy) is 2. The topological polar surface area (TPSA) is 35.5 Å². The fourth-order valence-electron chi connectivity index (χ4n) is 1.58. The molecule has 0 aliphatic carbocycles. The highest BCUT2D eigenvalue weighted by molar-refractivity contribution is 9.10. The summed E-state index contributed by atoms with van der Waals surface area (Å²) < 4.78 is 11.7. The van der Waals surface area contributed by atoms with Gasteiger partial charge in [0.1, 0.15) is 5.75 Å². The van der Waals surface area contributed by atoms with Crippen molar-refractivity contribution in [1.82, 2.24) is 0 Å². The van der Waals surface area contributed by atoms with Gasteiger partial charge in [-0.2, -0.15) is 0 Å². The summed E-state index contributed by atoms with van der Waals surface area (Å²) in [6.45, 7) is 0.588. The van der Waals surface area contributed by atoms with Crippen molar-refractivity contribution in [3.8, 4) is 5.75 Å². The third-order valence-corrected chi connectivity index (χ3v) is 3.00. The maximum absolute atomic E-state index is 10.9. The summed E-state index contributed by atoms with van der Waals surface area (Å²) in [6, 6.07) is 15.1. The zero-order chi connectivity index (χ0) is 13.5. The molecule has 0 fully saturated rings. The van der Waals surface area contributed by atoms with Crippen LogP contribution in [0, 0.1) is 0 Å². The number of carbonyl (C=O) groups is 1. The van der Waals surface area contributed by atoms with Gasteiger partial charge in [-0.15, -0.1) is 0 Å². The standard InChI is InChI=1S/C15H13BrO3/c16-14-6-7-15(13(8-14)9-17)19-11-18-10-12-4-2-1-3-5-12/h1-9H,10-11H2. The summed E-state index contributed by atoms with van der Waals surface area (Å²) in [7, 11) is 0. The van der Waals surface area contributed by atoms with E-state index in [-0.39, 0.29) is 6.79 Å². The van der Waals surface area contributed by atoms with Crippen molar-refractivity contribution >= 4 is 22.2 Å². The van der Waals surface area contributed by atoms with Crippen LogP contribution in [0.15, 0.2) is 53.0 Å². The van der Waals surface area contributed by atoms with Crippen LogP contribution < -0.4 is 4.74 Å². The number of rotatable bonds is 6. The van der Waals surface area contributed by atoms with Gasteiger partial charge >= 0.3 is 0 Å². The number of carbonyl (C=O) groups excluding carboxylic acids is 1. The van der Waals surface area contributed by atoms with Crippen LogP contribution >= 0.6 is 15.9 Å². The zero-order valence-electron chi connectivity index (χ0n) is 10.2. The second kappa shape index (κ2) is 7.07. The van der Waals surface area contributed by atoms with Crippen molar-refractivity contribution in [3.05, 3.63) is 64.1 Å². The lowest BCUT2D eigenvalue weighted by molar-refractivity contribution is 0.00477. The summed E-state index contributed by atoms with van der Waals surface area (Å²) in [6.07, 6.45) is 0.761. The maximum atomic E-state index is 10.9. The van der Waals surface area contributed by atoms with Gasteiger partial charge in [0.05, 0.1) is 12.2 Å². The second-order valence-corrected chi connectivity index (χ2v) is 4.81. The Hall–Kier alpha value is -1.65. The molecule has 0 bridgehead atoms. The average Bonchev–Trinajstić information content (AvgIpc) is 2.46. The Balaban J connectivity index is 1.84. The van der Waals surface area contributed by atoms with Crippen LogP contribution in [0.3, 0.4) is 0 Å². The monoisotopic (exact) mass is 320 g/mol. The predicted octanol–water partition coefficient (Wildman–Crippen LogP) is 3.81. The Kier molecular flexibility index (Phi) is 5.12. The molecule has 0 atom stereocenters. The molecule has 0 saturated heterocycles. The van der Waals surface area contributed by atoms with Gasteiger partial charge < -0.3 is 9.47 Å². The minimum absolute atomic E-state index is 0.108. The first kappa shape index (κ1) is 13.8. The van der Waals surface area contributed by atoms with Crippen molar-refractivity contribution in [1.29, 1.82) is 0 Å². The molecule has 0 N–H and O–H groups in total. The van der Waals surface area contributed by atoms with Gasteiger partial charge in [-0.05, 0) is 23.8 Å². The zero-order valence-corrected chi connectivity index (χ0v) is 11.8. The lowest BCUT2D eigenvalue weighted by atomic mass is 10.2. The molecule has 0 spiro atoms. The molecule has 19 heavy (non-hydrogen) atoms. The molecule has 2 rings (SSSR count). The third kappa shape index (κ3) is 4.19. The molecule has 98 valence electrons. The number of hydrogen-bond acceptors (Lipinski definition) is 3. The van der Waals surface area contributed by atoms with Crippen LogP contribution in [0.5, 0.6) is 5.75 Å². The highest BCUT2D eigenvalue weighted by Crippen LogP contribution is 2.21. The molecule has 0 amide bonds. The predicted molar refractivity (Wildman–Crippen MR) is 76.3 cm³/mol. The molecule has 4 heteroatoms. The number of aldehydes is 1. The summed E-state index contributed by atoms with van der Waals surface area (Å²) in [5, 5.41) is 0. The van der Waals surface area contributed by atoms with Crippen molar-refractivity contribution in [3.63, 3.8) is 0 Å². The van der Waals surface area contributed by atoms with Gasteiger partial charge in [-0.25, -0.2) is 0 Å². The quantitative estimate of drug-likeness (QED) is 0.461. The Morgan fingerprint density at radius 1 is 1.11 bits per heavy atom. The normalized spacial score (nSPS) is 10.2. The van der Waals surface area contributed by atoms with Crippen LogP contribution in [-0.4, -0.2) is 13.1 Å². The van der Waals surface area contributed by atoms with Crippen LogP contribution in [-0.2, 0) is 11.3 Å². The van der Waals surface area contributed by atoms with Gasteiger partial charge in [-0.1, -0.05) is 46.3 Å². The summed E-state index contributed by atoms with van der Waals surface area (Å²) in [5.41, 5.74) is 1.58. The maximum Gasteiger partial charge on any atom is 0.189 e. The van der Waals surface area contributed by atoms with Gasteiger partial charge in [0, 0.05) is 4.47 Å². The Bertz CT molecular complexity index is 540. The van der Waals surface area contributed by atoms with E-state index in [1.807, 2.05) is 36.4 Å². The van der Waals surface area contributed by atoms with Crippen LogP contribution in [0.4, 0.5) is 0 Å². The first-order valence-electron chi connectivity index (χ1n) is 5.79. The minimum Gasteiger partial charge on any atom is -0.467 e. The number of halogens is 1. The fourth-order valence-corrected chi connectivity index (χ4v) is 1.96. The van der Waals surface area contributed by atoms with E-state index in [1.165, 1.54) is 0 Å². The number of hydrogen-bond donors (Lipinski definition) is 0. The molecule has 3 nitrogen and oxygen atoms in total. The van der Waals surface area contributed by atoms with Crippen LogP contribution in [0.25, 0.3) is 0 Å². The Morgan fingerprint density at radius 3 is 2.63 bits per heavy atom. The van der Waals surface area contributed by atoms with E-state index in [0.717, 1.165) is 16.3 Å². The van der Waals surface area contributed by atoms with Crippen molar-refractivity contribution in [2.75, 3.05) is 6.79 Å². The van der Waals surface area contributed by atoms with Crippen LogP contribution in [0.2, 0.25) is 0 Å². The van der Waals surface area contributed by atoms with Gasteiger partial charge in [-0.3, -0.25) is 4.79 Å². The summed E-state index contributed by atoms with van der Waals surface area (Å²) in [5.74, 6) is 0.520. The van der Waals surface area contributed by atoms with E-state index >= 15 is 0 Å².